The molecule has 0 heterocycles. The summed E-state index contributed by atoms with van der Waals surface area (Å²) in [5.41, 5.74) is 0.267. The van der Waals surface area contributed by atoms with Gasteiger partial charge in [-0.3, -0.25) is 0 Å². The van der Waals surface area contributed by atoms with Crippen LogP contribution in [0.2, 0.25) is 0 Å². The Hall–Kier alpha value is 0.210. The number of halogens is 1. The number of alkyl halides is 1. The van der Waals surface area contributed by atoms with Crippen molar-refractivity contribution in [2.45, 2.75) is 32.2 Å². The van der Waals surface area contributed by atoms with E-state index < -0.39 is 0 Å². The van der Waals surface area contributed by atoms with Crippen LogP contribution in [0.25, 0.3) is 0 Å². The van der Waals surface area contributed by atoms with Crippen molar-refractivity contribution in [2.24, 2.45) is 5.92 Å². The lowest BCUT2D eigenvalue weighted by molar-refractivity contribution is 0.110. The lowest BCUT2D eigenvalue weighted by Gasteiger charge is -2.14. The maximum Gasteiger partial charge on any atom is 0.0591 e. The number of hydrogen-bond acceptors (Lipinski definition) is 2. The highest BCUT2D eigenvalue weighted by Gasteiger charge is 2.40. The first-order chi connectivity index (χ1) is 6.18. The molecular weight excluding hydrogens is 186 g/mol. The second-order valence-electron chi connectivity index (χ2n) is 4.31. The van der Waals surface area contributed by atoms with Crippen molar-refractivity contribution in [3.63, 3.8) is 0 Å². The maximum absolute atomic E-state index is 5.82. The van der Waals surface area contributed by atoms with Crippen molar-refractivity contribution >= 4 is 11.6 Å². The minimum atomic E-state index is 0.267. The van der Waals surface area contributed by atoms with Gasteiger partial charge in [0.25, 0.3) is 0 Å². The molecule has 0 radical (unpaired) electrons. The Morgan fingerprint density at radius 2 is 2.15 bits per heavy atom. The van der Waals surface area contributed by atoms with E-state index in [1.54, 1.807) is 0 Å². The lowest BCUT2D eigenvalue weighted by atomic mass is 10.2. The van der Waals surface area contributed by atoms with Crippen LogP contribution in [0.4, 0.5) is 0 Å². The van der Waals surface area contributed by atoms with E-state index in [4.69, 9.17) is 16.3 Å². The zero-order valence-electron chi connectivity index (χ0n) is 8.61. The normalized spacial score (nSPS) is 19.4. The molecule has 0 unspecified atom stereocenters. The van der Waals surface area contributed by atoms with Crippen LogP contribution in [0.15, 0.2) is 0 Å². The van der Waals surface area contributed by atoms with Crippen molar-refractivity contribution in [1.82, 2.24) is 5.32 Å². The Balaban J connectivity index is 1.90. The van der Waals surface area contributed by atoms with Crippen LogP contribution in [0, 0.1) is 5.92 Å². The molecule has 0 aromatic rings. The van der Waals surface area contributed by atoms with E-state index >= 15 is 0 Å². The van der Waals surface area contributed by atoms with Crippen LogP contribution >= 0.6 is 11.6 Å². The van der Waals surface area contributed by atoms with E-state index in [9.17, 15) is 0 Å². The highest BCUT2D eigenvalue weighted by Crippen LogP contribution is 2.35. The summed E-state index contributed by atoms with van der Waals surface area (Å²) in [5.74, 6) is 1.36. The molecule has 1 N–H and O–H groups in total. The molecule has 0 aromatic heterocycles. The maximum atomic E-state index is 5.82. The summed E-state index contributed by atoms with van der Waals surface area (Å²) in [7, 11) is 0. The fourth-order valence-electron chi connectivity index (χ4n) is 1.22. The smallest absolute Gasteiger partial charge is 0.0591 e. The minimum absolute atomic E-state index is 0.267. The van der Waals surface area contributed by atoms with Gasteiger partial charge in [0.05, 0.1) is 6.61 Å². The standard InChI is InChI=1S/C10H20ClNO/c1-9(2)7-13-6-5-12-10(8-11)3-4-10/h9,12H,3-8H2,1-2H3. The summed E-state index contributed by atoms with van der Waals surface area (Å²) in [6.45, 7) is 6.91. The Bertz CT molecular complexity index is 146. The number of rotatable bonds is 7. The van der Waals surface area contributed by atoms with Gasteiger partial charge in [-0.25, -0.2) is 0 Å². The van der Waals surface area contributed by atoms with Gasteiger partial charge >= 0.3 is 0 Å². The number of hydrogen-bond donors (Lipinski definition) is 1. The largest absolute Gasteiger partial charge is 0.380 e. The second kappa shape index (κ2) is 5.18. The first-order valence-corrected chi connectivity index (χ1v) is 5.61. The van der Waals surface area contributed by atoms with Gasteiger partial charge in [0.1, 0.15) is 0 Å². The Labute approximate surface area is 86.0 Å². The van der Waals surface area contributed by atoms with Crippen LogP contribution in [0.5, 0.6) is 0 Å². The fourth-order valence-corrected chi connectivity index (χ4v) is 1.58. The van der Waals surface area contributed by atoms with E-state index in [-0.39, 0.29) is 5.54 Å². The fraction of sp³-hybridized carbons (Fsp3) is 1.00. The highest BCUT2D eigenvalue weighted by atomic mass is 35.5. The summed E-state index contributed by atoms with van der Waals surface area (Å²) < 4.78 is 5.46. The minimum Gasteiger partial charge on any atom is -0.380 e. The summed E-state index contributed by atoms with van der Waals surface area (Å²) >= 11 is 5.82. The quantitative estimate of drug-likeness (QED) is 0.507. The molecule has 1 aliphatic rings. The van der Waals surface area contributed by atoms with Gasteiger partial charge in [-0.05, 0) is 18.8 Å². The van der Waals surface area contributed by atoms with Gasteiger partial charge in [0, 0.05) is 24.6 Å². The average molecular weight is 206 g/mol. The summed E-state index contributed by atoms with van der Waals surface area (Å²) in [6, 6.07) is 0. The first kappa shape index (κ1) is 11.3. The molecule has 0 aromatic carbocycles. The molecule has 78 valence electrons. The topological polar surface area (TPSA) is 21.3 Å². The second-order valence-corrected chi connectivity index (χ2v) is 4.58. The SMILES string of the molecule is CC(C)COCCNC1(CCl)CC1. The van der Waals surface area contributed by atoms with Crippen LogP contribution in [0.1, 0.15) is 26.7 Å². The molecule has 1 saturated carbocycles. The monoisotopic (exact) mass is 205 g/mol. The molecule has 3 heteroatoms. The molecule has 13 heavy (non-hydrogen) atoms. The van der Waals surface area contributed by atoms with Gasteiger partial charge in [0.2, 0.25) is 0 Å². The van der Waals surface area contributed by atoms with Crippen LogP contribution < -0.4 is 5.32 Å². The van der Waals surface area contributed by atoms with E-state index in [1.807, 2.05) is 0 Å². The third kappa shape index (κ3) is 4.30. The molecule has 1 fully saturated rings. The van der Waals surface area contributed by atoms with Gasteiger partial charge in [0.15, 0.2) is 0 Å². The summed E-state index contributed by atoms with van der Waals surface area (Å²) in [4.78, 5) is 0. The molecular formula is C10H20ClNO. The molecule has 1 rings (SSSR count). The number of nitrogens with one attached hydrogen (secondary N) is 1. The molecule has 0 atom stereocenters. The Kier molecular flexibility index (Phi) is 4.50. The van der Waals surface area contributed by atoms with Crippen molar-refractivity contribution in [3.05, 3.63) is 0 Å². The molecule has 1 aliphatic carbocycles. The van der Waals surface area contributed by atoms with E-state index in [0.717, 1.165) is 25.6 Å². The molecule has 2 nitrogen and oxygen atoms in total. The zero-order valence-corrected chi connectivity index (χ0v) is 9.36. The van der Waals surface area contributed by atoms with Crippen LogP contribution in [-0.4, -0.2) is 31.2 Å². The highest BCUT2D eigenvalue weighted by molar-refractivity contribution is 6.18. The Morgan fingerprint density at radius 3 is 2.62 bits per heavy atom. The first-order valence-electron chi connectivity index (χ1n) is 5.07. The van der Waals surface area contributed by atoms with Crippen molar-refractivity contribution < 1.29 is 4.74 Å². The van der Waals surface area contributed by atoms with E-state index in [1.165, 1.54) is 12.8 Å². The van der Waals surface area contributed by atoms with Gasteiger partial charge in [-0.1, -0.05) is 13.8 Å². The van der Waals surface area contributed by atoms with E-state index in [2.05, 4.69) is 19.2 Å². The third-order valence-corrected chi connectivity index (χ3v) is 2.82. The zero-order chi connectivity index (χ0) is 9.73. The van der Waals surface area contributed by atoms with Crippen LogP contribution in [0.3, 0.4) is 0 Å². The van der Waals surface area contributed by atoms with Crippen molar-refractivity contribution in [1.29, 1.82) is 0 Å². The predicted molar refractivity (Wildman–Crippen MR) is 56.3 cm³/mol. The molecule has 0 bridgehead atoms. The molecule has 0 amide bonds. The van der Waals surface area contributed by atoms with Crippen LogP contribution in [-0.2, 0) is 4.74 Å². The lowest BCUT2D eigenvalue weighted by Crippen LogP contribution is -2.35. The van der Waals surface area contributed by atoms with Crippen molar-refractivity contribution in [3.8, 4) is 0 Å². The van der Waals surface area contributed by atoms with Gasteiger partial charge in [-0.15, -0.1) is 11.6 Å². The number of ether oxygens (including phenoxy) is 1. The third-order valence-electron chi connectivity index (χ3n) is 2.31. The molecule has 0 saturated heterocycles. The van der Waals surface area contributed by atoms with E-state index in [0.29, 0.717) is 5.92 Å². The molecule has 0 aliphatic heterocycles. The van der Waals surface area contributed by atoms with Crippen molar-refractivity contribution in [2.75, 3.05) is 25.6 Å². The van der Waals surface area contributed by atoms with Gasteiger partial charge in [-0.2, -0.15) is 0 Å². The summed E-state index contributed by atoms with van der Waals surface area (Å²) in [6.07, 6.45) is 2.45. The predicted octanol–water partition coefficient (Wildman–Crippen LogP) is 2.02. The Morgan fingerprint density at radius 1 is 1.46 bits per heavy atom. The summed E-state index contributed by atoms with van der Waals surface area (Å²) in [5, 5.41) is 3.44. The average Bonchev–Trinajstić information content (AvgIpc) is 2.84. The van der Waals surface area contributed by atoms with Gasteiger partial charge < -0.3 is 10.1 Å². The molecule has 0 spiro atoms.